The molecule has 0 saturated heterocycles. The van der Waals surface area contributed by atoms with Crippen molar-refractivity contribution >= 4 is 44.8 Å². The molecule has 0 spiro atoms. The van der Waals surface area contributed by atoms with Gasteiger partial charge in [-0.05, 0) is 30.3 Å². The van der Waals surface area contributed by atoms with Crippen molar-refractivity contribution in [2.75, 3.05) is 0 Å². The molecule has 8 heteroatoms. The van der Waals surface area contributed by atoms with E-state index in [1.165, 1.54) is 11.3 Å². The summed E-state index contributed by atoms with van der Waals surface area (Å²) in [5.41, 5.74) is 2.10. The quantitative estimate of drug-likeness (QED) is 0.507. The average molecular weight is 406 g/mol. The van der Waals surface area contributed by atoms with Crippen molar-refractivity contribution in [2.45, 2.75) is 12.6 Å². The Kier molecular flexibility index (Phi) is 4.58. The molecule has 0 aliphatic carbocycles. The van der Waals surface area contributed by atoms with Crippen molar-refractivity contribution in [3.8, 4) is 11.3 Å². The lowest BCUT2D eigenvalue weighted by molar-refractivity contribution is 0.122. The minimum atomic E-state index is -0.936. The van der Waals surface area contributed by atoms with Crippen molar-refractivity contribution in [1.82, 2.24) is 9.72 Å². The lowest BCUT2D eigenvalue weighted by Gasteiger charge is -2.09. The number of aliphatic hydroxyl groups excluding tert-OH is 1. The normalized spacial score (nSPS) is 12.6. The van der Waals surface area contributed by atoms with Crippen molar-refractivity contribution in [3.63, 3.8) is 0 Å². The molecule has 1 atom stereocenters. The Hall–Kier alpha value is -2.12. The summed E-state index contributed by atoms with van der Waals surface area (Å²) in [6.45, 7) is 0.200. The van der Waals surface area contributed by atoms with Gasteiger partial charge in [-0.2, -0.15) is 0 Å². The van der Waals surface area contributed by atoms with Gasteiger partial charge in [0, 0.05) is 16.7 Å². The Morgan fingerprint density at radius 1 is 1.19 bits per heavy atom. The fraction of sp³-hybridized carbons (Fsp3) is 0.111. The molecule has 0 aliphatic rings. The van der Waals surface area contributed by atoms with Crippen LogP contribution in [0.5, 0.6) is 0 Å². The van der Waals surface area contributed by atoms with Gasteiger partial charge >= 0.3 is 0 Å². The number of benzene rings is 2. The van der Waals surface area contributed by atoms with Gasteiger partial charge in [-0.15, -0.1) is 0 Å². The number of thiazole rings is 1. The van der Waals surface area contributed by atoms with Gasteiger partial charge < -0.3 is 14.2 Å². The molecule has 2 heterocycles. The summed E-state index contributed by atoms with van der Waals surface area (Å²) in [5, 5.41) is 23.7. The molecule has 0 bridgehead atoms. The summed E-state index contributed by atoms with van der Waals surface area (Å²) in [6.07, 6.45) is -0.936. The highest BCUT2D eigenvalue weighted by atomic mass is 35.5. The van der Waals surface area contributed by atoms with E-state index in [4.69, 9.17) is 33.1 Å². The van der Waals surface area contributed by atoms with E-state index < -0.39 is 6.10 Å². The van der Waals surface area contributed by atoms with Gasteiger partial charge in [0.05, 0.1) is 21.8 Å². The number of nitrogens with one attached hydrogen (secondary N) is 1. The summed E-state index contributed by atoms with van der Waals surface area (Å²) < 4.78 is 8.05. The largest absolute Gasteiger partial charge is 0.383 e. The molecule has 1 unspecified atom stereocenters. The third-order valence-corrected chi connectivity index (χ3v) is 5.55. The molecule has 2 aromatic heterocycles. The molecule has 132 valence electrons. The van der Waals surface area contributed by atoms with Gasteiger partial charge in [0.25, 0.3) is 0 Å². The molecule has 5 nitrogen and oxygen atoms in total. The second-order valence-electron chi connectivity index (χ2n) is 5.74. The molecule has 0 saturated carbocycles. The molecular formula is C18H13Cl2N3O2S. The third kappa shape index (κ3) is 3.17. The van der Waals surface area contributed by atoms with Crippen LogP contribution in [0.1, 0.15) is 11.9 Å². The fourth-order valence-corrected chi connectivity index (χ4v) is 4.18. The lowest BCUT2D eigenvalue weighted by atomic mass is 10.1. The van der Waals surface area contributed by atoms with E-state index in [1.54, 1.807) is 28.8 Å². The van der Waals surface area contributed by atoms with Crippen molar-refractivity contribution < 1.29 is 9.63 Å². The molecule has 0 fully saturated rings. The average Bonchev–Trinajstić information content (AvgIpc) is 3.20. The first-order chi connectivity index (χ1) is 12.5. The van der Waals surface area contributed by atoms with Gasteiger partial charge in [-0.1, -0.05) is 51.8 Å². The van der Waals surface area contributed by atoms with E-state index >= 15 is 0 Å². The standard InChI is InChI=1S/C18H13Cl2N3O2S/c19-10-5-6-11(12(20)7-10)13-8-16(25-22-13)15(24)9-23-14-3-1-2-4-17(14)26-18(23)21/h1-8,15,21,24H,9H2. The number of para-hydroxylation sites is 1. The molecule has 0 radical (unpaired) electrons. The van der Waals surface area contributed by atoms with Crippen LogP contribution in [0.3, 0.4) is 0 Å². The maximum absolute atomic E-state index is 10.6. The predicted molar refractivity (Wildman–Crippen MR) is 103 cm³/mol. The van der Waals surface area contributed by atoms with E-state index in [0.717, 1.165) is 10.2 Å². The van der Waals surface area contributed by atoms with Crippen LogP contribution >= 0.6 is 34.5 Å². The van der Waals surface area contributed by atoms with E-state index in [-0.39, 0.29) is 6.54 Å². The first kappa shape index (κ1) is 17.3. The highest BCUT2D eigenvalue weighted by Crippen LogP contribution is 2.31. The van der Waals surface area contributed by atoms with Crippen LogP contribution in [0, 0.1) is 5.41 Å². The van der Waals surface area contributed by atoms with E-state index in [1.807, 2.05) is 24.3 Å². The number of fused-ring (bicyclic) bond motifs is 1. The van der Waals surface area contributed by atoms with Gasteiger partial charge in [0.15, 0.2) is 10.6 Å². The summed E-state index contributed by atoms with van der Waals surface area (Å²) in [5.74, 6) is 0.313. The first-order valence-corrected chi connectivity index (χ1v) is 9.33. The zero-order chi connectivity index (χ0) is 18.3. The number of rotatable bonds is 4. The Bertz CT molecular complexity index is 1150. The van der Waals surface area contributed by atoms with E-state index in [2.05, 4.69) is 5.16 Å². The maximum atomic E-state index is 10.6. The Morgan fingerprint density at radius 2 is 2.00 bits per heavy atom. The van der Waals surface area contributed by atoms with Crippen molar-refractivity contribution in [1.29, 1.82) is 5.41 Å². The number of hydrogen-bond donors (Lipinski definition) is 2. The minimum absolute atomic E-state index is 0.200. The van der Waals surface area contributed by atoms with Crippen molar-refractivity contribution in [2.24, 2.45) is 0 Å². The van der Waals surface area contributed by atoms with Gasteiger partial charge in [-0.3, -0.25) is 5.41 Å². The third-order valence-electron chi connectivity index (χ3n) is 4.03. The van der Waals surface area contributed by atoms with Crippen LogP contribution in [-0.2, 0) is 6.54 Å². The molecule has 4 aromatic rings. The molecule has 0 aliphatic heterocycles. The molecule has 26 heavy (non-hydrogen) atoms. The maximum Gasteiger partial charge on any atom is 0.183 e. The Balaban J connectivity index is 1.63. The van der Waals surface area contributed by atoms with Crippen LogP contribution in [0.4, 0.5) is 0 Å². The first-order valence-electron chi connectivity index (χ1n) is 7.76. The SMILES string of the molecule is N=c1sc2ccccc2n1CC(O)c1cc(-c2ccc(Cl)cc2Cl)no1. The number of halogens is 2. The second kappa shape index (κ2) is 6.89. The monoisotopic (exact) mass is 405 g/mol. The van der Waals surface area contributed by atoms with Crippen LogP contribution in [0.15, 0.2) is 53.1 Å². The van der Waals surface area contributed by atoms with Crippen LogP contribution in [0.2, 0.25) is 10.0 Å². The molecule has 2 aromatic carbocycles. The minimum Gasteiger partial charge on any atom is -0.383 e. The van der Waals surface area contributed by atoms with Crippen LogP contribution in [-0.4, -0.2) is 14.8 Å². The van der Waals surface area contributed by atoms with Crippen LogP contribution < -0.4 is 4.80 Å². The Morgan fingerprint density at radius 3 is 2.81 bits per heavy atom. The predicted octanol–water partition coefficient (Wildman–Crippen LogP) is 4.88. The summed E-state index contributed by atoms with van der Waals surface area (Å²) in [6, 6.07) is 14.5. The second-order valence-corrected chi connectivity index (χ2v) is 7.61. The number of aromatic nitrogens is 2. The molecular weight excluding hydrogens is 393 g/mol. The highest BCUT2D eigenvalue weighted by Gasteiger charge is 2.18. The number of hydrogen-bond acceptors (Lipinski definition) is 5. The molecule has 4 rings (SSSR count). The fourth-order valence-electron chi connectivity index (χ4n) is 2.75. The Labute approximate surface area is 162 Å². The summed E-state index contributed by atoms with van der Waals surface area (Å²) in [7, 11) is 0. The van der Waals surface area contributed by atoms with Gasteiger partial charge in [-0.25, -0.2) is 0 Å². The smallest absolute Gasteiger partial charge is 0.183 e. The number of aliphatic hydroxyl groups is 1. The van der Waals surface area contributed by atoms with Crippen LogP contribution in [0.25, 0.3) is 21.5 Å². The lowest BCUT2D eigenvalue weighted by Crippen LogP contribution is -2.17. The zero-order valence-electron chi connectivity index (χ0n) is 13.3. The summed E-state index contributed by atoms with van der Waals surface area (Å²) >= 11 is 13.5. The van der Waals surface area contributed by atoms with Gasteiger partial charge in [0.1, 0.15) is 11.8 Å². The highest BCUT2D eigenvalue weighted by molar-refractivity contribution is 7.16. The van der Waals surface area contributed by atoms with E-state index in [9.17, 15) is 5.11 Å². The topological polar surface area (TPSA) is 75.0 Å². The molecule has 2 N–H and O–H groups in total. The summed E-state index contributed by atoms with van der Waals surface area (Å²) in [4.78, 5) is 0.366. The van der Waals surface area contributed by atoms with Gasteiger partial charge in [0.2, 0.25) is 0 Å². The molecule has 0 amide bonds. The van der Waals surface area contributed by atoms with E-state index in [0.29, 0.717) is 31.9 Å². The zero-order valence-corrected chi connectivity index (χ0v) is 15.6. The van der Waals surface area contributed by atoms with Crippen molar-refractivity contribution in [3.05, 3.63) is 69.1 Å². The number of nitrogens with zero attached hydrogens (tertiary/aromatic N) is 2.